The lowest BCUT2D eigenvalue weighted by Crippen LogP contribution is -2.40. The zero-order chi connectivity index (χ0) is 22.7. The fourth-order valence-electron chi connectivity index (χ4n) is 4.55. The molecule has 0 aromatic heterocycles. The molecule has 166 valence electrons. The Kier molecular flexibility index (Phi) is 6.45. The molecule has 0 bridgehead atoms. The van der Waals surface area contributed by atoms with Gasteiger partial charge in [0.2, 0.25) is 0 Å². The van der Waals surface area contributed by atoms with Gasteiger partial charge in [-0.25, -0.2) is 4.79 Å². The van der Waals surface area contributed by atoms with Gasteiger partial charge in [0.15, 0.2) is 0 Å². The summed E-state index contributed by atoms with van der Waals surface area (Å²) in [5, 5.41) is 3.32. The molecule has 32 heavy (non-hydrogen) atoms. The van der Waals surface area contributed by atoms with Gasteiger partial charge in [0.05, 0.1) is 18.6 Å². The van der Waals surface area contributed by atoms with Crippen LogP contribution >= 0.6 is 0 Å². The molecule has 0 fully saturated rings. The van der Waals surface area contributed by atoms with Crippen molar-refractivity contribution in [3.05, 3.63) is 88.3 Å². The van der Waals surface area contributed by atoms with Crippen LogP contribution < -0.4 is 10.1 Å². The molecule has 2 aromatic carbocycles. The normalized spacial score (nSPS) is 20.2. The number of benzene rings is 2. The molecule has 0 saturated carbocycles. The van der Waals surface area contributed by atoms with Crippen LogP contribution in [0.5, 0.6) is 5.75 Å². The van der Waals surface area contributed by atoms with E-state index in [4.69, 9.17) is 9.47 Å². The average Bonchev–Trinajstić information content (AvgIpc) is 2.82. The van der Waals surface area contributed by atoms with Gasteiger partial charge in [0, 0.05) is 23.7 Å². The number of hydrogen-bond donors (Lipinski definition) is 1. The molecule has 2 unspecified atom stereocenters. The molecule has 2 atom stereocenters. The number of carbonyl (C=O) groups is 2. The number of aryl methyl sites for hydroxylation is 1. The van der Waals surface area contributed by atoms with Gasteiger partial charge < -0.3 is 14.8 Å². The van der Waals surface area contributed by atoms with Crippen molar-refractivity contribution in [3.63, 3.8) is 0 Å². The minimum Gasteiger partial charge on any atom is -0.497 e. The third kappa shape index (κ3) is 4.33. The molecule has 5 nitrogen and oxygen atoms in total. The minimum atomic E-state index is -0.396. The third-order valence-electron chi connectivity index (χ3n) is 6.31. The Bertz CT molecular complexity index is 1060. The lowest BCUT2D eigenvalue weighted by atomic mass is 9.71. The van der Waals surface area contributed by atoms with Crippen molar-refractivity contribution >= 4 is 11.8 Å². The van der Waals surface area contributed by atoms with E-state index in [1.54, 1.807) is 7.11 Å². The Morgan fingerprint density at radius 1 is 1.03 bits per heavy atom. The van der Waals surface area contributed by atoms with Crippen LogP contribution in [0, 0.1) is 5.92 Å². The number of ketones is 1. The molecule has 0 spiro atoms. The zero-order valence-electron chi connectivity index (χ0n) is 18.8. The molecule has 2 aromatic rings. The number of ether oxygens (including phenoxy) is 2. The standard InChI is InChI=1S/C27H29NO4/c1-4-18-8-12-20(13-9-18)25-24(17(2)28-22-6-5-7-23(29)26(22)25)27(30)32-16-19-10-14-21(31-3)15-11-19/h6,8-15,25-26,28H,4-5,7,16H2,1-3H3. The first-order chi connectivity index (χ1) is 15.5. The number of hydrogen-bond acceptors (Lipinski definition) is 5. The molecule has 1 heterocycles. The zero-order valence-corrected chi connectivity index (χ0v) is 18.8. The molecule has 2 aliphatic rings. The Hall–Kier alpha value is -3.34. The van der Waals surface area contributed by atoms with E-state index in [-0.39, 0.29) is 24.2 Å². The van der Waals surface area contributed by atoms with Gasteiger partial charge in [-0.2, -0.15) is 0 Å². The first-order valence-electron chi connectivity index (χ1n) is 11.1. The molecule has 4 rings (SSSR count). The van der Waals surface area contributed by atoms with Crippen molar-refractivity contribution in [3.8, 4) is 5.75 Å². The maximum atomic E-state index is 13.3. The lowest BCUT2D eigenvalue weighted by molar-refractivity contribution is -0.141. The van der Waals surface area contributed by atoms with Gasteiger partial charge in [-0.3, -0.25) is 4.79 Å². The molecule has 1 aliphatic carbocycles. The number of esters is 1. The van der Waals surface area contributed by atoms with Crippen LogP contribution in [0.1, 0.15) is 49.3 Å². The van der Waals surface area contributed by atoms with Gasteiger partial charge in [-0.15, -0.1) is 0 Å². The summed E-state index contributed by atoms with van der Waals surface area (Å²) in [6.07, 6.45) is 4.24. The second kappa shape index (κ2) is 9.43. The van der Waals surface area contributed by atoms with Crippen molar-refractivity contribution in [2.45, 2.75) is 45.6 Å². The van der Waals surface area contributed by atoms with E-state index in [1.807, 2.05) is 43.3 Å². The molecule has 0 radical (unpaired) electrons. The highest BCUT2D eigenvalue weighted by Crippen LogP contribution is 2.44. The molecule has 1 N–H and O–H groups in total. The van der Waals surface area contributed by atoms with Gasteiger partial charge in [0.1, 0.15) is 18.1 Å². The highest BCUT2D eigenvalue weighted by Gasteiger charge is 2.43. The number of nitrogens with one attached hydrogen (secondary N) is 1. The number of allylic oxidation sites excluding steroid dienone is 3. The van der Waals surface area contributed by atoms with E-state index in [0.717, 1.165) is 41.1 Å². The fraction of sp³-hybridized carbons (Fsp3) is 0.333. The van der Waals surface area contributed by atoms with E-state index in [1.165, 1.54) is 5.56 Å². The molecule has 0 amide bonds. The van der Waals surface area contributed by atoms with Crippen molar-refractivity contribution < 1.29 is 19.1 Å². The van der Waals surface area contributed by atoms with E-state index in [2.05, 4.69) is 30.4 Å². The maximum absolute atomic E-state index is 13.3. The number of Topliss-reactive ketones (excluding diaryl/α,β-unsaturated/α-hetero) is 1. The van der Waals surface area contributed by atoms with Crippen molar-refractivity contribution in [1.29, 1.82) is 0 Å². The summed E-state index contributed by atoms with van der Waals surface area (Å²) in [5.41, 5.74) is 5.23. The van der Waals surface area contributed by atoms with Crippen LogP contribution in [0.25, 0.3) is 0 Å². The topological polar surface area (TPSA) is 64.6 Å². The van der Waals surface area contributed by atoms with Crippen molar-refractivity contribution in [2.75, 3.05) is 7.11 Å². The summed E-state index contributed by atoms with van der Waals surface area (Å²) in [4.78, 5) is 26.3. The smallest absolute Gasteiger partial charge is 0.336 e. The first-order valence-corrected chi connectivity index (χ1v) is 11.1. The van der Waals surface area contributed by atoms with Crippen molar-refractivity contribution in [1.82, 2.24) is 5.32 Å². The molecule has 5 heteroatoms. The summed E-state index contributed by atoms with van der Waals surface area (Å²) in [5.74, 6) is -0.228. The summed E-state index contributed by atoms with van der Waals surface area (Å²) < 4.78 is 10.9. The Morgan fingerprint density at radius 2 is 1.72 bits per heavy atom. The molecule has 1 aliphatic heterocycles. The van der Waals surface area contributed by atoms with E-state index in [0.29, 0.717) is 12.0 Å². The van der Waals surface area contributed by atoms with Crippen molar-refractivity contribution in [2.24, 2.45) is 5.92 Å². The molecular weight excluding hydrogens is 402 g/mol. The van der Waals surface area contributed by atoms with E-state index >= 15 is 0 Å². The Morgan fingerprint density at radius 3 is 2.38 bits per heavy atom. The fourth-order valence-corrected chi connectivity index (χ4v) is 4.55. The van der Waals surface area contributed by atoms with Crippen LogP contribution in [-0.4, -0.2) is 18.9 Å². The highest BCUT2D eigenvalue weighted by atomic mass is 16.5. The van der Waals surface area contributed by atoms with E-state index < -0.39 is 5.97 Å². The molecular formula is C27H29NO4. The van der Waals surface area contributed by atoms with Gasteiger partial charge in [-0.1, -0.05) is 49.4 Å². The number of methoxy groups -OCH3 is 1. The second-order valence-electron chi connectivity index (χ2n) is 8.30. The summed E-state index contributed by atoms with van der Waals surface area (Å²) in [6, 6.07) is 15.7. The SMILES string of the molecule is CCc1ccc(C2C(C(=O)OCc3ccc(OC)cc3)=C(C)NC3=CCCC(=O)C32)cc1. The van der Waals surface area contributed by atoms with Crippen LogP contribution in [0.2, 0.25) is 0 Å². The Labute approximate surface area is 189 Å². The highest BCUT2D eigenvalue weighted by molar-refractivity contribution is 5.96. The van der Waals surface area contributed by atoms with E-state index in [9.17, 15) is 9.59 Å². The number of rotatable bonds is 6. The predicted molar refractivity (Wildman–Crippen MR) is 123 cm³/mol. The largest absolute Gasteiger partial charge is 0.497 e. The van der Waals surface area contributed by atoms with Crippen LogP contribution in [0.3, 0.4) is 0 Å². The van der Waals surface area contributed by atoms with Gasteiger partial charge >= 0.3 is 5.97 Å². The van der Waals surface area contributed by atoms with Gasteiger partial charge in [-0.05, 0) is 48.6 Å². The Balaban J connectivity index is 1.65. The van der Waals surface area contributed by atoms with Crippen LogP contribution in [-0.2, 0) is 27.4 Å². The lowest BCUT2D eigenvalue weighted by Gasteiger charge is -2.38. The average molecular weight is 432 g/mol. The third-order valence-corrected chi connectivity index (χ3v) is 6.31. The van der Waals surface area contributed by atoms with Crippen LogP contribution in [0.15, 0.2) is 71.6 Å². The number of carbonyl (C=O) groups excluding carboxylic acids is 2. The van der Waals surface area contributed by atoms with Gasteiger partial charge in [0.25, 0.3) is 0 Å². The quantitative estimate of drug-likeness (QED) is 0.664. The minimum absolute atomic E-state index is 0.155. The predicted octanol–water partition coefficient (Wildman–Crippen LogP) is 4.82. The first kappa shape index (κ1) is 21.9. The molecule has 0 saturated heterocycles. The summed E-state index contributed by atoms with van der Waals surface area (Å²) >= 11 is 0. The summed E-state index contributed by atoms with van der Waals surface area (Å²) in [6.45, 7) is 4.15. The second-order valence-corrected chi connectivity index (χ2v) is 8.30. The monoisotopic (exact) mass is 431 g/mol. The summed E-state index contributed by atoms with van der Waals surface area (Å²) in [7, 11) is 1.61. The number of fused-ring (bicyclic) bond motifs is 1. The van der Waals surface area contributed by atoms with Crippen LogP contribution in [0.4, 0.5) is 0 Å². The maximum Gasteiger partial charge on any atom is 0.336 e.